The van der Waals surface area contributed by atoms with E-state index in [-0.39, 0.29) is 12.0 Å². The van der Waals surface area contributed by atoms with Crippen molar-refractivity contribution < 1.29 is 9.53 Å². The molecule has 0 atom stereocenters. The Kier molecular flexibility index (Phi) is 4.63. The van der Waals surface area contributed by atoms with Gasteiger partial charge in [0.25, 0.3) is 5.91 Å². The molecule has 0 aliphatic carbocycles. The Balaban J connectivity index is 1.85. The summed E-state index contributed by atoms with van der Waals surface area (Å²) in [5, 5.41) is 3.75. The molecule has 0 unspecified atom stereocenters. The van der Waals surface area contributed by atoms with E-state index >= 15 is 0 Å². The van der Waals surface area contributed by atoms with Crippen molar-refractivity contribution in [2.24, 2.45) is 0 Å². The Labute approximate surface area is 150 Å². The second-order valence-electron chi connectivity index (χ2n) is 6.25. The first-order valence-corrected chi connectivity index (χ1v) is 8.91. The molecule has 0 bridgehead atoms. The van der Waals surface area contributed by atoms with E-state index in [0.29, 0.717) is 16.3 Å². The lowest BCUT2D eigenvalue weighted by Crippen LogP contribution is -2.12. The van der Waals surface area contributed by atoms with E-state index in [0.717, 1.165) is 27.2 Å². The number of amides is 1. The Hall–Kier alpha value is -2.60. The highest BCUT2D eigenvalue weighted by Gasteiger charge is 2.19. The fourth-order valence-corrected chi connectivity index (χ4v) is 3.83. The molecule has 3 aromatic rings. The fourth-order valence-electron chi connectivity index (χ4n) is 2.71. The van der Waals surface area contributed by atoms with Gasteiger partial charge >= 0.3 is 0 Å². The molecule has 25 heavy (non-hydrogen) atoms. The molecule has 0 aliphatic heterocycles. The van der Waals surface area contributed by atoms with Crippen LogP contribution in [-0.4, -0.2) is 17.0 Å². The van der Waals surface area contributed by atoms with Crippen LogP contribution in [0.3, 0.4) is 0 Å². The zero-order valence-corrected chi connectivity index (χ0v) is 15.5. The molecule has 3 rings (SSSR count). The maximum absolute atomic E-state index is 12.6. The summed E-state index contributed by atoms with van der Waals surface area (Å²) in [5.74, 6) is 0.541. The van der Waals surface area contributed by atoms with Gasteiger partial charge in [0, 0.05) is 16.8 Å². The summed E-state index contributed by atoms with van der Waals surface area (Å²) < 4.78 is 5.60. The van der Waals surface area contributed by atoms with E-state index in [1.807, 2.05) is 58.0 Å². The maximum Gasteiger partial charge on any atom is 0.267 e. The van der Waals surface area contributed by atoms with E-state index in [4.69, 9.17) is 10.5 Å². The highest BCUT2D eigenvalue weighted by molar-refractivity contribution is 7.21. The predicted octanol–water partition coefficient (Wildman–Crippen LogP) is 4.53. The van der Waals surface area contributed by atoms with Gasteiger partial charge in [0.15, 0.2) is 0 Å². The van der Waals surface area contributed by atoms with Crippen LogP contribution in [0.25, 0.3) is 10.2 Å². The Morgan fingerprint density at radius 2 is 1.92 bits per heavy atom. The third kappa shape index (κ3) is 3.58. The van der Waals surface area contributed by atoms with Crippen molar-refractivity contribution in [3.8, 4) is 5.75 Å². The smallest absolute Gasteiger partial charge is 0.267 e. The molecule has 1 amide bonds. The lowest BCUT2D eigenvalue weighted by molar-refractivity contribution is 0.103. The summed E-state index contributed by atoms with van der Waals surface area (Å²) in [5.41, 5.74) is 9.34. The first-order valence-electron chi connectivity index (χ1n) is 8.09. The van der Waals surface area contributed by atoms with Crippen molar-refractivity contribution >= 4 is 38.8 Å². The molecule has 6 heteroatoms. The normalized spacial score (nSPS) is 11.1. The van der Waals surface area contributed by atoms with Crippen molar-refractivity contribution in [3.63, 3.8) is 0 Å². The number of aryl methyl sites for hydroxylation is 2. The van der Waals surface area contributed by atoms with E-state index < -0.39 is 0 Å². The van der Waals surface area contributed by atoms with Gasteiger partial charge in [0.05, 0.1) is 11.8 Å². The van der Waals surface area contributed by atoms with Gasteiger partial charge < -0.3 is 15.8 Å². The number of fused-ring (bicyclic) bond motifs is 1. The van der Waals surface area contributed by atoms with E-state index in [9.17, 15) is 4.79 Å². The van der Waals surface area contributed by atoms with Crippen LogP contribution in [-0.2, 0) is 0 Å². The van der Waals surface area contributed by atoms with Crippen molar-refractivity contribution in [1.29, 1.82) is 0 Å². The quantitative estimate of drug-likeness (QED) is 0.720. The highest BCUT2D eigenvalue weighted by atomic mass is 32.1. The third-order valence-corrected chi connectivity index (χ3v) is 4.81. The van der Waals surface area contributed by atoms with Crippen LogP contribution in [0.2, 0.25) is 0 Å². The molecule has 0 aliphatic rings. The minimum Gasteiger partial charge on any atom is -0.491 e. The average Bonchev–Trinajstić information content (AvgIpc) is 2.85. The summed E-state index contributed by atoms with van der Waals surface area (Å²) in [7, 11) is 0. The summed E-state index contributed by atoms with van der Waals surface area (Å²) in [4.78, 5) is 18.4. The van der Waals surface area contributed by atoms with Gasteiger partial charge in [0.1, 0.15) is 15.5 Å². The molecular formula is C19H21N3O2S. The van der Waals surface area contributed by atoms with Crippen molar-refractivity contribution in [2.45, 2.75) is 33.8 Å². The van der Waals surface area contributed by atoms with Gasteiger partial charge in [-0.15, -0.1) is 11.3 Å². The summed E-state index contributed by atoms with van der Waals surface area (Å²) in [6.45, 7) is 7.85. The largest absolute Gasteiger partial charge is 0.491 e. The third-order valence-electron chi connectivity index (χ3n) is 3.71. The number of aromatic nitrogens is 1. The number of carbonyl (C=O) groups is 1. The zero-order valence-electron chi connectivity index (χ0n) is 14.7. The lowest BCUT2D eigenvalue weighted by Gasteiger charge is -2.10. The average molecular weight is 355 g/mol. The molecule has 0 fully saturated rings. The van der Waals surface area contributed by atoms with Crippen LogP contribution in [0.15, 0.2) is 30.3 Å². The van der Waals surface area contributed by atoms with Gasteiger partial charge in [-0.25, -0.2) is 4.98 Å². The Bertz CT molecular complexity index is 930. The Morgan fingerprint density at radius 3 is 2.56 bits per heavy atom. The number of pyridine rings is 1. The van der Waals surface area contributed by atoms with Crippen LogP contribution in [0.1, 0.15) is 34.8 Å². The highest BCUT2D eigenvalue weighted by Crippen LogP contribution is 2.35. The number of ether oxygens (including phenoxy) is 1. The number of carbonyl (C=O) groups excluding carboxylic acids is 1. The number of nitrogens with zero attached hydrogens (tertiary/aromatic N) is 1. The number of benzene rings is 1. The molecule has 130 valence electrons. The van der Waals surface area contributed by atoms with Gasteiger partial charge in [-0.2, -0.15) is 0 Å². The second kappa shape index (κ2) is 6.72. The molecule has 5 nitrogen and oxygen atoms in total. The van der Waals surface area contributed by atoms with Crippen LogP contribution < -0.4 is 15.8 Å². The van der Waals surface area contributed by atoms with E-state index in [1.165, 1.54) is 11.3 Å². The van der Waals surface area contributed by atoms with Crippen LogP contribution in [0.4, 0.5) is 11.4 Å². The van der Waals surface area contributed by atoms with Gasteiger partial charge in [0.2, 0.25) is 0 Å². The molecule has 0 radical (unpaired) electrons. The van der Waals surface area contributed by atoms with E-state index in [1.54, 1.807) is 0 Å². The summed E-state index contributed by atoms with van der Waals surface area (Å²) in [6.07, 6.45) is 0.109. The number of nitrogen functional groups attached to an aromatic ring is 1. The molecular weight excluding hydrogens is 334 g/mol. The molecule has 0 spiro atoms. The Morgan fingerprint density at radius 1 is 1.24 bits per heavy atom. The first kappa shape index (κ1) is 17.2. The monoisotopic (exact) mass is 355 g/mol. The van der Waals surface area contributed by atoms with E-state index in [2.05, 4.69) is 10.3 Å². The number of hydrogen-bond acceptors (Lipinski definition) is 5. The molecule has 0 saturated heterocycles. The SMILES string of the molecule is Cc1cc(C)c2c(N)c(C(=O)Nc3ccc(OC(C)C)cc3)sc2n1. The number of anilines is 2. The van der Waals surface area contributed by atoms with Crippen LogP contribution in [0, 0.1) is 13.8 Å². The molecule has 2 aromatic heterocycles. The molecule has 0 saturated carbocycles. The molecule has 1 aromatic carbocycles. The molecule has 2 heterocycles. The van der Waals surface area contributed by atoms with Gasteiger partial charge in [-0.05, 0) is 63.6 Å². The standard InChI is InChI=1S/C19H21N3O2S/c1-10(2)24-14-7-5-13(6-8-14)22-18(23)17-16(20)15-11(3)9-12(4)21-19(15)25-17/h5-10H,20H2,1-4H3,(H,22,23). The minimum atomic E-state index is -0.227. The van der Waals surface area contributed by atoms with Crippen LogP contribution >= 0.6 is 11.3 Å². The van der Waals surface area contributed by atoms with Gasteiger partial charge in [-0.1, -0.05) is 0 Å². The van der Waals surface area contributed by atoms with Gasteiger partial charge in [-0.3, -0.25) is 4.79 Å². The lowest BCUT2D eigenvalue weighted by atomic mass is 10.1. The first-order chi connectivity index (χ1) is 11.8. The summed E-state index contributed by atoms with van der Waals surface area (Å²) in [6, 6.07) is 9.26. The zero-order chi connectivity index (χ0) is 18.1. The predicted molar refractivity (Wildman–Crippen MR) is 104 cm³/mol. The number of hydrogen-bond donors (Lipinski definition) is 2. The van der Waals surface area contributed by atoms with Crippen LogP contribution in [0.5, 0.6) is 5.75 Å². The number of nitrogens with two attached hydrogens (primary N) is 1. The number of nitrogens with one attached hydrogen (secondary N) is 1. The van der Waals surface area contributed by atoms with Crippen molar-refractivity contribution in [1.82, 2.24) is 4.98 Å². The second-order valence-corrected chi connectivity index (χ2v) is 7.25. The van der Waals surface area contributed by atoms with Crippen molar-refractivity contribution in [2.75, 3.05) is 11.1 Å². The topological polar surface area (TPSA) is 77.2 Å². The number of thiophene rings is 1. The fraction of sp³-hybridized carbons (Fsp3) is 0.263. The molecule has 3 N–H and O–H groups in total. The van der Waals surface area contributed by atoms with Crippen molar-refractivity contribution in [3.05, 3.63) is 46.5 Å². The summed E-state index contributed by atoms with van der Waals surface area (Å²) >= 11 is 1.32. The number of rotatable bonds is 4. The minimum absolute atomic E-state index is 0.109. The maximum atomic E-state index is 12.6.